The largest absolute Gasteiger partial charge is 0.508 e. The maximum absolute atomic E-state index is 10.6. The molecule has 132 valence electrons. The molecule has 0 spiro atoms. The number of hydrogen-bond acceptors (Lipinski definition) is 3. The second kappa shape index (κ2) is 6.03. The molecular formula is C21H30O3. The molecule has 0 amide bonds. The standard InChI is InChI=1S/C21H30O3/c1-21-9-7-16-15-4-3-14(22)12-17(15)13(8-10-24-2)11-18(16)19(21)5-6-20(21)23/h3-4,12-13,16,18-20,22-23H,5-11H2,1-2H3/t13?,16-,18-,19+,20?,21+/m1/s1. The maximum Gasteiger partial charge on any atom is 0.115 e. The van der Waals surface area contributed by atoms with Crippen LogP contribution >= 0.6 is 0 Å². The van der Waals surface area contributed by atoms with Crippen molar-refractivity contribution < 1.29 is 14.9 Å². The van der Waals surface area contributed by atoms with Gasteiger partial charge in [0.05, 0.1) is 6.10 Å². The minimum absolute atomic E-state index is 0.112. The van der Waals surface area contributed by atoms with Gasteiger partial charge in [0.2, 0.25) is 0 Å². The van der Waals surface area contributed by atoms with E-state index in [-0.39, 0.29) is 11.5 Å². The molecule has 2 unspecified atom stereocenters. The van der Waals surface area contributed by atoms with Crippen molar-refractivity contribution in [3.05, 3.63) is 29.3 Å². The number of benzene rings is 1. The molecule has 2 saturated carbocycles. The van der Waals surface area contributed by atoms with Crippen LogP contribution in [0.4, 0.5) is 0 Å². The van der Waals surface area contributed by atoms with Gasteiger partial charge in [0, 0.05) is 13.7 Å². The van der Waals surface area contributed by atoms with Crippen molar-refractivity contribution in [3.63, 3.8) is 0 Å². The van der Waals surface area contributed by atoms with E-state index in [0.717, 1.165) is 25.9 Å². The SMILES string of the molecule is COCCC1C[C@@H]2[C@H](CC[C@]3(C)C(O)CC[C@@H]23)c2ccc(O)cc21. The van der Waals surface area contributed by atoms with Gasteiger partial charge in [-0.05, 0) is 90.9 Å². The summed E-state index contributed by atoms with van der Waals surface area (Å²) >= 11 is 0. The minimum Gasteiger partial charge on any atom is -0.508 e. The molecule has 4 rings (SSSR count). The van der Waals surface area contributed by atoms with Crippen molar-refractivity contribution in [2.75, 3.05) is 13.7 Å². The van der Waals surface area contributed by atoms with Crippen LogP contribution < -0.4 is 0 Å². The van der Waals surface area contributed by atoms with E-state index >= 15 is 0 Å². The van der Waals surface area contributed by atoms with E-state index in [9.17, 15) is 10.2 Å². The molecule has 2 N–H and O–H groups in total. The monoisotopic (exact) mass is 330 g/mol. The molecule has 6 atom stereocenters. The van der Waals surface area contributed by atoms with Crippen molar-refractivity contribution in [2.45, 2.75) is 63.4 Å². The summed E-state index contributed by atoms with van der Waals surface area (Å²) in [6, 6.07) is 6.00. The molecule has 3 heteroatoms. The Labute approximate surface area is 145 Å². The highest BCUT2D eigenvalue weighted by atomic mass is 16.5. The molecule has 0 aliphatic heterocycles. The van der Waals surface area contributed by atoms with E-state index in [0.29, 0.717) is 29.4 Å². The van der Waals surface area contributed by atoms with Crippen LogP contribution in [0, 0.1) is 17.3 Å². The number of rotatable bonds is 3. The van der Waals surface area contributed by atoms with Gasteiger partial charge in [-0.3, -0.25) is 0 Å². The molecule has 0 bridgehead atoms. The first-order valence-corrected chi connectivity index (χ1v) is 9.54. The molecule has 3 aliphatic rings. The number of aliphatic hydroxyl groups is 1. The fraction of sp³-hybridized carbons (Fsp3) is 0.714. The number of phenols is 1. The number of aromatic hydroxyl groups is 1. The van der Waals surface area contributed by atoms with Crippen LogP contribution in [-0.2, 0) is 4.74 Å². The maximum atomic E-state index is 10.6. The second-order valence-electron chi connectivity index (χ2n) is 8.54. The van der Waals surface area contributed by atoms with Crippen LogP contribution in [0.1, 0.15) is 68.4 Å². The van der Waals surface area contributed by atoms with Gasteiger partial charge in [0.15, 0.2) is 0 Å². The Morgan fingerprint density at radius 2 is 2.04 bits per heavy atom. The Hall–Kier alpha value is -1.06. The van der Waals surface area contributed by atoms with Crippen molar-refractivity contribution >= 4 is 0 Å². The summed E-state index contributed by atoms with van der Waals surface area (Å²) in [7, 11) is 1.76. The smallest absolute Gasteiger partial charge is 0.115 e. The molecule has 0 radical (unpaired) electrons. The van der Waals surface area contributed by atoms with Crippen LogP contribution in [0.25, 0.3) is 0 Å². The Morgan fingerprint density at radius 3 is 2.83 bits per heavy atom. The molecule has 0 aromatic heterocycles. The third kappa shape index (κ3) is 2.40. The van der Waals surface area contributed by atoms with E-state index in [1.165, 1.54) is 30.4 Å². The first-order chi connectivity index (χ1) is 11.5. The molecule has 3 nitrogen and oxygen atoms in total. The van der Waals surface area contributed by atoms with Crippen LogP contribution in [-0.4, -0.2) is 30.0 Å². The third-order valence-electron chi connectivity index (χ3n) is 7.52. The highest BCUT2D eigenvalue weighted by Crippen LogP contribution is 2.62. The molecule has 0 heterocycles. The minimum atomic E-state index is -0.123. The molecule has 1 aromatic carbocycles. The fourth-order valence-corrected chi connectivity index (χ4v) is 6.22. The number of fused-ring (bicyclic) bond motifs is 5. The van der Waals surface area contributed by atoms with Crippen molar-refractivity contribution in [1.82, 2.24) is 0 Å². The quantitative estimate of drug-likeness (QED) is 0.874. The predicted octanol–water partition coefficient (Wildman–Crippen LogP) is 4.19. The summed E-state index contributed by atoms with van der Waals surface area (Å²) in [5.41, 5.74) is 2.91. The van der Waals surface area contributed by atoms with Crippen molar-refractivity contribution in [2.24, 2.45) is 17.3 Å². The lowest BCUT2D eigenvalue weighted by atomic mass is 9.53. The summed E-state index contributed by atoms with van der Waals surface area (Å²) < 4.78 is 5.35. The fourth-order valence-electron chi connectivity index (χ4n) is 6.22. The number of hydrogen-bond donors (Lipinski definition) is 2. The molecule has 3 aliphatic carbocycles. The van der Waals surface area contributed by atoms with E-state index in [4.69, 9.17) is 4.74 Å². The van der Waals surface area contributed by atoms with Crippen LogP contribution in [0.3, 0.4) is 0 Å². The Morgan fingerprint density at radius 1 is 1.21 bits per heavy atom. The number of ether oxygens (including phenoxy) is 1. The zero-order chi connectivity index (χ0) is 16.9. The van der Waals surface area contributed by atoms with E-state index in [1.54, 1.807) is 7.11 Å². The summed E-state index contributed by atoms with van der Waals surface area (Å²) in [6.45, 7) is 3.09. The first kappa shape index (κ1) is 16.4. The number of phenolic OH excluding ortho intramolecular Hbond substituents is 1. The molecule has 0 saturated heterocycles. The van der Waals surface area contributed by atoms with Gasteiger partial charge >= 0.3 is 0 Å². The first-order valence-electron chi connectivity index (χ1n) is 9.54. The Bertz CT molecular complexity index is 613. The van der Waals surface area contributed by atoms with Gasteiger partial charge in [0.1, 0.15) is 5.75 Å². The van der Waals surface area contributed by atoms with Gasteiger partial charge < -0.3 is 14.9 Å². The van der Waals surface area contributed by atoms with Gasteiger partial charge in [-0.25, -0.2) is 0 Å². The van der Waals surface area contributed by atoms with Gasteiger partial charge in [0.25, 0.3) is 0 Å². The highest BCUT2D eigenvalue weighted by molar-refractivity contribution is 5.42. The van der Waals surface area contributed by atoms with Crippen molar-refractivity contribution in [3.8, 4) is 5.75 Å². The average Bonchev–Trinajstić information content (AvgIpc) is 2.88. The second-order valence-corrected chi connectivity index (χ2v) is 8.54. The summed E-state index contributed by atoms with van der Waals surface area (Å²) in [6.07, 6.45) is 6.51. The lowest BCUT2D eigenvalue weighted by molar-refractivity contribution is -0.0257. The van der Waals surface area contributed by atoms with Crippen LogP contribution in [0.15, 0.2) is 18.2 Å². The van der Waals surface area contributed by atoms with Crippen molar-refractivity contribution in [1.29, 1.82) is 0 Å². The number of aliphatic hydroxyl groups excluding tert-OH is 1. The van der Waals surface area contributed by atoms with Gasteiger partial charge in [-0.15, -0.1) is 0 Å². The normalized spacial score (nSPS) is 40.7. The zero-order valence-corrected chi connectivity index (χ0v) is 14.9. The van der Waals surface area contributed by atoms with Gasteiger partial charge in [-0.1, -0.05) is 13.0 Å². The lowest BCUT2D eigenvalue weighted by Crippen LogP contribution is -2.44. The highest BCUT2D eigenvalue weighted by Gasteiger charge is 2.55. The topological polar surface area (TPSA) is 49.7 Å². The zero-order valence-electron chi connectivity index (χ0n) is 14.9. The van der Waals surface area contributed by atoms with Crippen LogP contribution in [0.5, 0.6) is 5.75 Å². The molecule has 24 heavy (non-hydrogen) atoms. The van der Waals surface area contributed by atoms with Crippen LogP contribution in [0.2, 0.25) is 0 Å². The third-order valence-corrected chi connectivity index (χ3v) is 7.52. The molecular weight excluding hydrogens is 300 g/mol. The predicted molar refractivity (Wildman–Crippen MR) is 94.3 cm³/mol. The summed E-state index contributed by atoms with van der Waals surface area (Å²) in [5, 5.41) is 20.5. The van der Waals surface area contributed by atoms with E-state index in [2.05, 4.69) is 13.0 Å². The summed E-state index contributed by atoms with van der Waals surface area (Å²) in [4.78, 5) is 0. The Balaban J connectivity index is 1.71. The molecule has 2 fully saturated rings. The van der Waals surface area contributed by atoms with Gasteiger partial charge in [-0.2, -0.15) is 0 Å². The molecule has 1 aromatic rings. The number of methoxy groups -OCH3 is 1. The summed E-state index contributed by atoms with van der Waals surface area (Å²) in [5.74, 6) is 2.75. The Kier molecular flexibility index (Phi) is 4.12. The lowest BCUT2D eigenvalue weighted by Gasteiger charge is -2.51. The van der Waals surface area contributed by atoms with E-state index in [1.807, 2.05) is 12.1 Å². The average molecular weight is 330 g/mol. The van der Waals surface area contributed by atoms with E-state index < -0.39 is 0 Å².